The third-order valence-electron chi connectivity index (χ3n) is 6.25. The molecule has 1 aromatic heterocycles. The molecule has 0 unspecified atom stereocenters. The third-order valence-corrected chi connectivity index (χ3v) is 7.51. The van der Waals surface area contributed by atoms with Crippen molar-refractivity contribution >= 4 is 23.2 Å². The van der Waals surface area contributed by atoms with Crippen LogP contribution in [0.2, 0.25) is 0 Å². The van der Waals surface area contributed by atoms with Gasteiger partial charge in [-0.25, -0.2) is 5.48 Å². The van der Waals surface area contributed by atoms with E-state index in [1.165, 1.54) is 30.6 Å². The van der Waals surface area contributed by atoms with Crippen LogP contribution in [-0.2, 0) is 4.79 Å². The maximum Gasteiger partial charge on any atom is 0.284 e. The zero-order valence-electron chi connectivity index (χ0n) is 13.9. The Balaban J connectivity index is 1.46. The zero-order chi connectivity index (χ0) is 16.9. The van der Waals surface area contributed by atoms with Crippen molar-refractivity contribution in [2.45, 2.75) is 51.5 Å². The van der Waals surface area contributed by atoms with Crippen LogP contribution in [0.15, 0.2) is 12.1 Å². The number of carbonyl (C=O) groups excluding carboxylic acids is 2. The number of thiophene rings is 1. The molecular formula is C18H24N2O3S. The van der Waals surface area contributed by atoms with Crippen molar-refractivity contribution in [3.05, 3.63) is 21.9 Å². The highest BCUT2D eigenvalue weighted by Gasteiger charge is 2.54. The van der Waals surface area contributed by atoms with Crippen LogP contribution in [-0.4, -0.2) is 17.0 Å². The van der Waals surface area contributed by atoms with E-state index in [-0.39, 0.29) is 17.4 Å². The molecule has 5 nitrogen and oxygen atoms in total. The van der Waals surface area contributed by atoms with Gasteiger partial charge >= 0.3 is 0 Å². The first-order chi connectivity index (χ1) is 11.5. The van der Waals surface area contributed by atoms with Gasteiger partial charge in [0.05, 0.1) is 10.9 Å². The van der Waals surface area contributed by atoms with E-state index >= 15 is 0 Å². The van der Waals surface area contributed by atoms with E-state index in [1.807, 2.05) is 13.0 Å². The predicted molar refractivity (Wildman–Crippen MR) is 90.7 cm³/mol. The van der Waals surface area contributed by atoms with Crippen LogP contribution >= 0.6 is 11.3 Å². The Bertz CT molecular complexity index is 634. The maximum absolute atomic E-state index is 13.1. The van der Waals surface area contributed by atoms with E-state index in [4.69, 9.17) is 5.21 Å². The van der Waals surface area contributed by atoms with Crippen molar-refractivity contribution in [3.8, 4) is 0 Å². The van der Waals surface area contributed by atoms with E-state index in [2.05, 4.69) is 5.32 Å². The Morgan fingerprint density at radius 2 is 1.75 bits per heavy atom. The number of nitrogens with one attached hydrogen (secondary N) is 2. The van der Waals surface area contributed by atoms with Crippen LogP contribution in [0.3, 0.4) is 0 Å². The van der Waals surface area contributed by atoms with Gasteiger partial charge in [0.15, 0.2) is 0 Å². The fraction of sp³-hybridized carbons (Fsp3) is 0.667. The molecule has 1 atom stereocenters. The summed E-state index contributed by atoms with van der Waals surface area (Å²) in [5.41, 5.74) is 1.50. The summed E-state index contributed by atoms with van der Waals surface area (Å²) in [7, 11) is 0. The highest BCUT2D eigenvalue weighted by atomic mass is 32.1. The first kappa shape index (κ1) is 16.1. The standard InChI is InChI=1S/C18H24N2O3S/c1-10(14-2-3-15(24-14)16(21)20-23)19-17(22)18-7-11-4-12(8-18)6-13(5-11)9-18/h2-3,10-13,23H,4-9H2,1H3,(H,19,22)(H,20,21)/t10-,11?,12?,13?,18?/m1/s1. The molecular weight excluding hydrogens is 324 g/mol. The molecule has 5 rings (SSSR count). The number of hydrogen-bond acceptors (Lipinski definition) is 4. The van der Waals surface area contributed by atoms with Gasteiger partial charge in [-0.2, -0.15) is 0 Å². The molecule has 0 spiro atoms. The van der Waals surface area contributed by atoms with Crippen molar-refractivity contribution in [2.75, 3.05) is 0 Å². The summed E-state index contributed by atoms with van der Waals surface area (Å²) in [6.07, 6.45) is 7.15. The molecule has 3 N–H and O–H groups in total. The topological polar surface area (TPSA) is 78.4 Å². The minimum Gasteiger partial charge on any atom is -0.348 e. The van der Waals surface area contributed by atoms with Crippen molar-refractivity contribution in [2.24, 2.45) is 23.2 Å². The monoisotopic (exact) mass is 348 g/mol. The van der Waals surface area contributed by atoms with Crippen molar-refractivity contribution < 1.29 is 14.8 Å². The van der Waals surface area contributed by atoms with Gasteiger partial charge in [0.2, 0.25) is 5.91 Å². The predicted octanol–water partition coefficient (Wildman–Crippen LogP) is 3.26. The Kier molecular flexibility index (Phi) is 3.92. The summed E-state index contributed by atoms with van der Waals surface area (Å²) >= 11 is 1.31. The minimum absolute atomic E-state index is 0.115. The van der Waals surface area contributed by atoms with Crippen LogP contribution in [0, 0.1) is 23.2 Å². The van der Waals surface area contributed by atoms with E-state index in [0.29, 0.717) is 4.88 Å². The number of carbonyl (C=O) groups is 2. The van der Waals surface area contributed by atoms with E-state index < -0.39 is 5.91 Å². The Morgan fingerprint density at radius 1 is 1.17 bits per heavy atom. The zero-order valence-corrected chi connectivity index (χ0v) is 14.7. The van der Waals surface area contributed by atoms with Gasteiger partial charge in [0.1, 0.15) is 0 Å². The largest absolute Gasteiger partial charge is 0.348 e. The first-order valence-corrected chi connectivity index (χ1v) is 9.66. The second kappa shape index (κ2) is 5.85. The molecule has 4 aliphatic rings. The lowest BCUT2D eigenvalue weighted by molar-refractivity contribution is -0.146. The van der Waals surface area contributed by atoms with Crippen molar-refractivity contribution in [3.63, 3.8) is 0 Å². The normalized spacial score (nSPS) is 34.8. The highest BCUT2D eigenvalue weighted by molar-refractivity contribution is 7.14. The quantitative estimate of drug-likeness (QED) is 0.577. The molecule has 2 amide bonds. The number of hydrogen-bond donors (Lipinski definition) is 3. The molecule has 0 saturated heterocycles. The maximum atomic E-state index is 13.1. The van der Waals surface area contributed by atoms with Crippen LogP contribution in [0.5, 0.6) is 0 Å². The fourth-order valence-corrected chi connectivity index (χ4v) is 6.47. The van der Waals surface area contributed by atoms with Gasteiger partial charge in [0, 0.05) is 10.3 Å². The molecule has 4 aliphatic carbocycles. The van der Waals surface area contributed by atoms with E-state index in [1.54, 1.807) is 11.5 Å². The summed E-state index contributed by atoms with van der Waals surface area (Å²) in [5.74, 6) is 1.94. The molecule has 0 aromatic carbocycles. The second-order valence-electron chi connectivity index (χ2n) is 8.04. The fourth-order valence-electron chi connectivity index (χ4n) is 5.57. The Hall–Kier alpha value is -1.40. The average molecular weight is 348 g/mol. The Labute approximate surface area is 145 Å². The van der Waals surface area contributed by atoms with Gasteiger partial charge in [-0.1, -0.05) is 0 Å². The van der Waals surface area contributed by atoms with Crippen LogP contribution in [0.1, 0.15) is 66.0 Å². The lowest BCUT2D eigenvalue weighted by Crippen LogP contribution is -2.53. The minimum atomic E-state index is -0.508. The molecule has 0 radical (unpaired) electrons. The van der Waals surface area contributed by atoms with E-state index in [9.17, 15) is 9.59 Å². The lowest BCUT2D eigenvalue weighted by atomic mass is 9.49. The van der Waals surface area contributed by atoms with E-state index in [0.717, 1.165) is 41.9 Å². The van der Waals surface area contributed by atoms with Gasteiger partial charge in [-0.05, 0) is 75.3 Å². The smallest absolute Gasteiger partial charge is 0.284 e. The SMILES string of the molecule is C[C@@H](NC(=O)C12CC3CC(CC(C3)C1)C2)c1ccc(C(=O)NO)s1. The van der Waals surface area contributed by atoms with Gasteiger partial charge in [-0.3, -0.25) is 14.8 Å². The third kappa shape index (κ3) is 2.65. The highest BCUT2D eigenvalue weighted by Crippen LogP contribution is 2.60. The molecule has 0 aliphatic heterocycles. The molecule has 1 aromatic rings. The van der Waals surface area contributed by atoms with Crippen LogP contribution < -0.4 is 10.8 Å². The molecule has 4 saturated carbocycles. The van der Waals surface area contributed by atoms with Gasteiger partial charge in [-0.15, -0.1) is 11.3 Å². The summed E-state index contributed by atoms with van der Waals surface area (Å²) in [4.78, 5) is 25.9. The number of hydroxylamine groups is 1. The summed E-state index contributed by atoms with van der Waals surface area (Å²) in [6.45, 7) is 1.96. The Morgan fingerprint density at radius 3 is 2.29 bits per heavy atom. The summed E-state index contributed by atoms with van der Waals surface area (Å²) < 4.78 is 0. The van der Waals surface area contributed by atoms with Crippen molar-refractivity contribution in [1.29, 1.82) is 0 Å². The van der Waals surface area contributed by atoms with Gasteiger partial charge in [0.25, 0.3) is 5.91 Å². The van der Waals surface area contributed by atoms with Crippen LogP contribution in [0.4, 0.5) is 0 Å². The van der Waals surface area contributed by atoms with Gasteiger partial charge < -0.3 is 5.32 Å². The second-order valence-corrected chi connectivity index (χ2v) is 9.15. The number of amides is 2. The molecule has 24 heavy (non-hydrogen) atoms. The first-order valence-electron chi connectivity index (χ1n) is 8.84. The summed E-state index contributed by atoms with van der Waals surface area (Å²) in [5, 5.41) is 11.9. The van der Waals surface area contributed by atoms with Crippen LogP contribution in [0.25, 0.3) is 0 Å². The molecule has 130 valence electrons. The average Bonchev–Trinajstić information content (AvgIpc) is 3.03. The molecule has 4 fully saturated rings. The molecule has 1 heterocycles. The number of rotatable bonds is 4. The van der Waals surface area contributed by atoms with Crippen molar-refractivity contribution in [1.82, 2.24) is 10.8 Å². The molecule has 6 heteroatoms. The molecule has 4 bridgehead atoms. The summed E-state index contributed by atoms with van der Waals surface area (Å²) in [6, 6.07) is 3.41. The lowest BCUT2D eigenvalue weighted by Gasteiger charge is -2.55.